The Labute approximate surface area is 167 Å². The molecule has 2 N–H and O–H groups in total. The highest BCUT2D eigenvalue weighted by molar-refractivity contribution is 5.95. The highest BCUT2D eigenvalue weighted by atomic mass is 35.5. The number of rotatable bonds is 8. The minimum atomic E-state index is -0.810. The van der Waals surface area contributed by atoms with Crippen LogP contribution in [0.5, 0.6) is 5.75 Å². The van der Waals surface area contributed by atoms with Crippen molar-refractivity contribution in [2.45, 2.75) is 38.8 Å². The maximum absolute atomic E-state index is 12.6. The molecule has 1 aromatic carbocycles. The highest BCUT2D eigenvalue weighted by Gasteiger charge is 2.29. The van der Waals surface area contributed by atoms with E-state index in [1.54, 1.807) is 0 Å². The van der Waals surface area contributed by atoms with E-state index in [1.807, 2.05) is 50.1 Å². The van der Waals surface area contributed by atoms with E-state index in [2.05, 4.69) is 10.2 Å². The SMILES string of the molecule is CCOc1ccccc1NC(=O)C(C)N1CCC(N(C)CC(=O)O)CC1.Cl. The first kappa shape index (κ1) is 23.2. The fraction of sp³-hybridized carbons (Fsp3) is 0.579. The summed E-state index contributed by atoms with van der Waals surface area (Å²) in [5.41, 5.74) is 0.683. The number of piperidine rings is 1. The van der Waals surface area contributed by atoms with Crippen molar-refractivity contribution >= 4 is 30.0 Å². The van der Waals surface area contributed by atoms with Crippen molar-refractivity contribution in [3.05, 3.63) is 24.3 Å². The number of carbonyl (C=O) groups excluding carboxylic acids is 1. The molecule has 0 bridgehead atoms. The van der Waals surface area contributed by atoms with Crippen LogP contribution in [0.25, 0.3) is 0 Å². The van der Waals surface area contributed by atoms with Crippen LogP contribution < -0.4 is 10.1 Å². The van der Waals surface area contributed by atoms with Crippen molar-refractivity contribution in [3.8, 4) is 5.75 Å². The first-order chi connectivity index (χ1) is 12.4. The topological polar surface area (TPSA) is 82.1 Å². The normalized spacial score (nSPS) is 16.4. The smallest absolute Gasteiger partial charge is 0.317 e. The lowest BCUT2D eigenvalue weighted by atomic mass is 10.0. The van der Waals surface area contributed by atoms with Gasteiger partial charge in [0.05, 0.1) is 24.9 Å². The zero-order valence-corrected chi connectivity index (χ0v) is 17.0. The maximum Gasteiger partial charge on any atom is 0.317 e. The third kappa shape index (κ3) is 6.68. The number of anilines is 1. The fourth-order valence-electron chi connectivity index (χ4n) is 3.31. The van der Waals surface area contributed by atoms with Crippen LogP contribution >= 0.6 is 12.4 Å². The molecule has 0 saturated carbocycles. The van der Waals surface area contributed by atoms with E-state index in [9.17, 15) is 9.59 Å². The van der Waals surface area contributed by atoms with Gasteiger partial charge in [-0.1, -0.05) is 12.1 Å². The van der Waals surface area contributed by atoms with Crippen molar-refractivity contribution < 1.29 is 19.4 Å². The molecule has 1 heterocycles. The quantitative estimate of drug-likeness (QED) is 0.698. The van der Waals surface area contributed by atoms with Crippen LogP contribution in [-0.4, -0.2) is 72.2 Å². The number of para-hydroxylation sites is 2. The van der Waals surface area contributed by atoms with Crippen LogP contribution in [0.15, 0.2) is 24.3 Å². The number of halogens is 1. The van der Waals surface area contributed by atoms with E-state index >= 15 is 0 Å². The lowest BCUT2D eigenvalue weighted by Gasteiger charge is -2.38. The number of carbonyl (C=O) groups is 2. The number of aliphatic carboxylic acids is 1. The second-order valence-corrected chi connectivity index (χ2v) is 6.67. The average molecular weight is 400 g/mol. The van der Waals surface area contributed by atoms with Gasteiger partial charge in [0.15, 0.2) is 0 Å². The second-order valence-electron chi connectivity index (χ2n) is 6.67. The Morgan fingerprint density at radius 2 is 1.96 bits per heavy atom. The molecule has 1 aromatic rings. The van der Waals surface area contributed by atoms with Crippen molar-refractivity contribution in [2.75, 3.05) is 38.6 Å². The molecule has 0 aromatic heterocycles. The Kier molecular flexibility index (Phi) is 9.55. The zero-order chi connectivity index (χ0) is 19.1. The van der Waals surface area contributed by atoms with Crippen molar-refractivity contribution in [1.82, 2.24) is 9.80 Å². The largest absolute Gasteiger partial charge is 0.492 e. The molecule has 1 amide bonds. The Hall–Kier alpha value is -1.83. The predicted octanol–water partition coefficient (Wildman–Crippen LogP) is 2.31. The van der Waals surface area contributed by atoms with Gasteiger partial charge in [-0.3, -0.25) is 19.4 Å². The predicted molar refractivity (Wildman–Crippen MR) is 108 cm³/mol. The first-order valence-corrected chi connectivity index (χ1v) is 9.11. The molecule has 0 aliphatic carbocycles. The van der Waals surface area contributed by atoms with Crippen LogP contribution in [0.1, 0.15) is 26.7 Å². The number of likely N-dealkylation sites (N-methyl/N-ethyl adjacent to an activating group) is 1. The van der Waals surface area contributed by atoms with Gasteiger partial charge in [-0.15, -0.1) is 12.4 Å². The van der Waals surface area contributed by atoms with Gasteiger partial charge in [0.25, 0.3) is 0 Å². The molecule has 1 aliphatic rings. The molecule has 1 saturated heterocycles. The van der Waals surface area contributed by atoms with Gasteiger partial charge in [0.2, 0.25) is 5.91 Å². The van der Waals surface area contributed by atoms with E-state index in [0.29, 0.717) is 18.0 Å². The minimum absolute atomic E-state index is 0. The van der Waals surface area contributed by atoms with E-state index in [1.165, 1.54) is 0 Å². The monoisotopic (exact) mass is 399 g/mol. The third-order valence-corrected chi connectivity index (χ3v) is 4.88. The van der Waals surface area contributed by atoms with E-state index in [0.717, 1.165) is 25.9 Å². The van der Waals surface area contributed by atoms with Gasteiger partial charge < -0.3 is 15.2 Å². The average Bonchev–Trinajstić information content (AvgIpc) is 2.62. The van der Waals surface area contributed by atoms with Crippen LogP contribution in [0.4, 0.5) is 5.69 Å². The van der Waals surface area contributed by atoms with Gasteiger partial charge in [-0.05, 0) is 45.9 Å². The van der Waals surface area contributed by atoms with Gasteiger partial charge in [-0.2, -0.15) is 0 Å². The Morgan fingerprint density at radius 3 is 2.56 bits per heavy atom. The lowest BCUT2D eigenvalue weighted by Crippen LogP contribution is -2.50. The van der Waals surface area contributed by atoms with Crippen LogP contribution in [0.2, 0.25) is 0 Å². The zero-order valence-electron chi connectivity index (χ0n) is 16.2. The number of nitrogens with zero attached hydrogens (tertiary/aromatic N) is 2. The Balaban J connectivity index is 0.00000364. The Morgan fingerprint density at radius 1 is 1.33 bits per heavy atom. The Bertz CT molecular complexity index is 621. The molecule has 8 heteroatoms. The maximum atomic E-state index is 12.6. The third-order valence-electron chi connectivity index (χ3n) is 4.88. The molecule has 1 atom stereocenters. The molecular weight excluding hydrogens is 370 g/mol. The molecule has 1 unspecified atom stereocenters. The first-order valence-electron chi connectivity index (χ1n) is 9.11. The highest BCUT2D eigenvalue weighted by Crippen LogP contribution is 2.24. The summed E-state index contributed by atoms with van der Waals surface area (Å²) in [6.07, 6.45) is 1.72. The van der Waals surface area contributed by atoms with Crippen LogP contribution in [-0.2, 0) is 9.59 Å². The molecule has 7 nitrogen and oxygen atoms in total. The number of hydrogen-bond donors (Lipinski definition) is 2. The molecule has 1 fully saturated rings. The summed E-state index contributed by atoms with van der Waals surface area (Å²) in [5.74, 6) is -0.199. The summed E-state index contributed by atoms with van der Waals surface area (Å²) in [4.78, 5) is 27.5. The summed E-state index contributed by atoms with van der Waals surface area (Å²) >= 11 is 0. The number of amides is 1. The number of carboxylic acid groups (broad SMARTS) is 1. The standard InChI is InChI=1S/C19H29N3O4.ClH/c1-4-26-17-8-6-5-7-16(17)20-19(25)14(2)22-11-9-15(10-12-22)21(3)13-18(23)24;/h5-8,14-15H,4,9-13H2,1-3H3,(H,20,25)(H,23,24);1H. The van der Waals surface area contributed by atoms with Crippen molar-refractivity contribution in [3.63, 3.8) is 0 Å². The summed E-state index contributed by atoms with van der Waals surface area (Å²) in [7, 11) is 1.84. The second kappa shape index (κ2) is 11.1. The molecule has 0 spiro atoms. The van der Waals surface area contributed by atoms with E-state index in [4.69, 9.17) is 9.84 Å². The summed E-state index contributed by atoms with van der Waals surface area (Å²) in [6, 6.07) is 7.41. The van der Waals surface area contributed by atoms with Crippen LogP contribution in [0, 0.1) is 0 Å². The number of carboxylic acids is 1. The van der Waals surface area contributed by atoms with E-state index < -0.39 is 5.97 Å². The summed E-state index contributed by atoms with van der Waals surface area (Å²) < 4.78 is 5.55. The summed E-state index contributed by atoms with van der Waals surface area (Å²) in [6.45, 7) is 5.95. The van der Waals surface area contributed by atoms with Gasteiger partial charge >= 0.3 is 5.97 Å². The van der Waals surface area contributed by atoms with Gasteiger partial charge in [0.1, 0.15) is 5.75 Å². The lowest BCUT2D eigenvalue weighted by molar-refractivity contribution is -0.138. The molecule has 2 rings (SSSR count). The minimum Gasteiger partial charge on any atom is -0.492 e. The number of nitrogens with one attached hydrogen (secondary N) is 1. The summed E-state index contributed by atoms with van der Waals surface area (Å²) in [5, 5.41) is 11.9. The van der Waals surface area contributed by atoms with Crippen molar-refractivity contribution in [2.24, 2.45) is 0 Å². The van der Waals surface area contributed by atoms with E-state index in [-0.39, 0.29) is 36.9 Å². The van der Waals surface area contributed by atoms with Crippen LogP contribution in [0.3, 0.4) is 0 Å². The fourth-order valence-corrected chi connectivity index (χ4v) is 3.31. The molecule has 152 valence electrons. The van der Waals surface area contributed by atoms with Crippen molar-refractivity contribution in [1.29, 1.82) is 0 Å². The molecular formula is C19H30ClN3O4. The number of ether oxygens (including phenoxy) is 1. The van der Waals surface area contributed by atoms with Gasteiger partial charge in [-0.25, -0.2) is 0 Å². The molecule has 27 heavy (non-hydrogen) atoms. The molecule has 1 aliphatic heterocycles. The number of hydrogen-bond acceptors (Lipinski definition) is 5. The number of likely N-dealkylation sites (tertiary alicyclic amines) is 1. The molecule has 0 radical (unpaired) electrons. The van der Waals surface area contributed by atoms with Gasteiger partial charge in [0, 0.05) is 19.1 Å². The number of benzene rings is 1.